The highest BCUT2D eigenvalue weighted by Gasteiger charge is 2.16. The van der Waals surface area contributed by atoms with Crippen molar-refractivity contribution in [2.24, 2.45) is 0 Å². The molecule has 5 nitrogen and oxygen atoms in total. The van der Waals surface area contributed by atoms with Gasteiger partial charge in [-0.3, -0.25) is 9.59 Å². The summed E-state index contributed by atoms with van der Waals surface area (Å²) in [6, 6.07) is 0. The minimum Gasteiger partial charge on any atom is -0.462 e. The van der Waals surface area contributed by atoms with Crippen molar-refractivity contribution in [3.63, 3.8) is 0 Å². The van der Waals surface area contributed by atoms with E-state index in [9.17, 15) is 9.59 Å². The summed E-state index contributed by atoms with van der Waals surface area (Å²) in [7, 11) is 0. The predicted molar refractivity (Wildman–Crippen MR) is 236 cm³/mol. The van der Waals surface area contributed by atoms with E-state index < -0.39 is 0 Å². The lowest BCUT2D eigenvalue weighted by atomic mass is 10.0. The van der Waals surface area contributed by atoms with Gasteiger partial charge in [-0.2, -0.15) is 0 Å². The molecule has 0 heterocycles. The molecular weight excluding hydrogens is 690 g/mol. The summed E-state index contributed by atoms with van der Waals surface area (Å²) in [5.74, 6) is 0.643. The Labute approximate surface area is 343 Å². The maximum atomic E-state index is 12.8. The highest BCUT2D eigenvalue weighted by atomic mass is 35.5. The van der Waals surface area contributed by atoms with Gasteiger partial charge in [0.25, 0.3) is 0 Å². The molecule has 0 aliphatic carbocycles. The van der Waals surface area contributed by atoms with E-state index >= 15 is 0 Å². The molecule has 0 atom stereocenters. The minimum absolute atomic E-state index is 0.00393. The maximum Gasteiger partial charge on any atom is 0.306 e. The molecule has 0 radical (unpaired) electrons. The number of carbonyl (C=O) groups excluding carboxylic acids is 2. The fourth-order valence-corrected chi connectivity index (χ4v) is 7.88. The second-order valence-corrected chi connectivity index (χ2v) is 17.0. The Hall–Kier alpha value is -0.810. The zero-order valence-corrected chi connectivity index (χ0v) is 37.7. The Morgan fingerprint density at radius 1 is 0.389 bits per heavy atom. The van der Waals surface area contributed by atoms with Gasteiger partial charge in [-0.05, 0) is 90.1 Å². The Balaban J connectivity index is 4.39. The predicted octanol–water partition coefficient (Wildman–Crippen LogP) is 15.5. The summed E-state index contributed by atoms with van der Waals surface area (Å²) in [6.07, 6.45) is 42.1. The third kappa shape index (κ3) is 38.1. The molecule has 0 aliphatic rings. The normalized spacial score (nSPS) is 11.7. The third-order valence-corrected chi connectivity index (χ3v) is 11.4. The number of halogens is 1. The molecule has 0 aliphatic heterocycles. The minimum atomic E-state index is 0.00393. The van der Waals surface area contributed by atoms with Crippen LogP contribution in [0.4, 0.5) is 0 Å². The van der Waals surface area contributed by atoms with Crippen LogP contribution in [0.5, 0.6) is 0 Å². The number of esters is 2. The molecule has 0 saturated heterocycles. The van der Waals surface area contributed by atoms with Crippen LogP contribution in [-0.2, 0) is 19.1 Å². The first-order valence-electron chi connectivity index (χ1n) is 24.2. The van der Waals surface area contributed by atoms with Crippen LogP contribution in [0, 0.1) is 0 Å². The second-order valence-electron chi connectivity index (χ2n) is 16.6. The topological polar surface area (TPSA) is 55.8 Å². The number of nitrogens with zero attached hydrogens (tertiary/aromatic N) is 1. The quantitative estimate of drug-likeness (QED) is 0.0350. The van der Waals surface area contributed by atoms with E-state index in [4.69, 9.17) is 21.1 Å². The number of alkyl halides is 1. The zero-order chi connectivity index (χ0) is 39.6. The average Bonchev–Trinajstić information content (AvgIpc) is 3.16. The van der Waals surface area contributed by atoms with Gasteiger partial charge in [0.05, 0.1) is 0 Å². The number of hydrogen-bond donors (Lipinski definition) is 0. The van der Waals surface area contributed by atoms with E-state index in [-0.39, 0.29) is 24.1 Å². The Morgan fingerprint density at radius 3 is 0.963 bits per heavy atom. The van der Waals surface area contributed by atoms with Crippen molar-refractivity contribution in [2.75, 3.05) is 25.5 Å². The molecular formula is C48H94ClNO4. The molecule has 0 bridgehead atoms. The van der Waals surface area contributed by atoms with Gasteiger partial charge >= 0.3 is 11.9 Å². The van der Waals surface area contributed by atoms with Crippen LogP contribution in [0.2, 0.25) is 0 Å². The van der Waals surface area contributed by atoms with Crippen molar-refractivity contribution in [3.05, 3.63) is 0 Å². The van der Waals surface area contributed by atoms with Crippen molar-refractivity contribution < 1.29 is 19.1 Å². The Kier molecular flexibility index (Phi) is 42.7. The number of rotatable bonds is 44. The Bertz CT molecular complexity index is 688. The molecule has 6 heteroatoms. The molecule has 0 unspecified atom stereocenters. The van der Waals surface area contributed by atoms with E-state index in [1.807, 2.05) is 0 Å². The number of ether oxygens (including phenoxy) is 2. The van der Waals surface area contributed by atoms with Crippen molar-refractivity contribution >= 4 is 23.5 Å². The van der Waals surface area contributed by atoms with Crippen LogP contribution in [0.3, 0.4) is 0 Å². The van der Waals surface area contributed by atoms with Gasteiger partial charge in [-0.1, -0.05) is 169 Å². The van der Waals surface area contributed by atoms with Crippen LogP contribution in [0.15, 0.2) is 0 Å². The van der Waals surface area contributed by atoms with Crippen molar-refractivity contribution in [1.29, 1.82) is 0 Å². The van der Waals surface area contributed by atoms with Crippen molar-refractivity contribution in [2.45, 2.75) is 271 Å². The van der Waals surface area contributed by atoms with Crippen LogP contribution >= 0.6 is 11.6 Å². The summed E-state index contributed by atoms with van der Waals surface area (Å²) in [5, 5.41) is 0. The molecule has 0 aromatic rings. The summed E-state index contributed by atoms with van der Waals surface area (Å²) >= 11 is 6.16. The monoisotopic (exact) mass is 784 g/mol. The number of unbranched alkanes of at least 4 members (excludes halogenated alkanes) is 24. The SMILES string of the molecule is CCCCCCCCC(CCCCCCCC)OC(=O)CCCCCN(CCCl)CCCCCC(=O)OC(CCCCCCCC)CCCCCCCC. The first kappa shape index (κ1) is 53.2. The van der Waals surface area contributed by atoms with Crippen LogP contribution in [0.1, 0.15) is 259 Å². The summed E-state index contributed by atoms with van der Waals surface area (Å²) in [6.45, 7) is 12.0. The second kappa shape index (κ2) is 43.3. The largest absolute Gasteiger partial charge is 0.462 e. The summed E-state index contributed by atoms with van der Waals surface area (Å²) in [5.41, 5.74) is 0. The molecule has 54 heavy (non-hydrogen) atoms. The first-order chi connectivity index (χ1) is 26.5. The molecule has 0 aromatic heterocycles. The number of hydrogen-bond acceptors (Lipinski definition) is 5. The highest BCUT2D eigenvalue weighted by molar-refractivity contribution is 6.18. The van der Waals surface area contributed by atoms with Gasteiger partial charge < -0.3 is 14.4 Å². The lowest BCUT2D eigenvalue weighted by molar-refractivity contribution is -0.151. The number of carbonyl (C=O) groups is 2. The first-order valence-corrected chi connectivity index (χ1v) is 24.7. The van der Waals surface area contributed by atoms with E-state index in [1.165, 1.54) is 154 Å². The lowest BCUT2D eigenvalue weighted by Crippen LogP contribution is -2.28. The van der Waals surface area contributed by atoms with Crippen LogP contribution < -0.4 is 0 Å². The summed E-state index contributed by atoms with van der Waals surface area (Å²) in [4.78, 5) is 28.1. The van der Waals surface area contributed by atoms with Gasteiger partial charge in [0.1, 0.15) is 12.2 Å². The van der Waals surface area contributed by atoms with Crippen LogP contribution in [0.25, 0.3) is 0 Å². The van der Waals surface area contributed by atoms with Gasteiger partial charge in [-0.15, -0.1) is 11.6 Å². The maximum absolute atomic E-state index is 12.8. The van der Waals surface area contributed by atoms with Crippen molar-refractivity contribution in [1.82, 2.24) is 4.90 Å². The standard InChI is InChI=1S/C48H94ClNO4/c1-5-9-13-17-21-27-35-45(36-28-22-18-14-10-6-2)53-47(51)39-31-25-33-42-50(44-41-49)43-34-26-32-40-48(52)54-46(37-29-23-19-15-11-7-3)38-30-24-20-16-12-8-4/h45-46H,5-44H2,1-4H3. The molecule has 0 fully saturated rings. The van der Waals surface area contributed by atoms with E-state index in [0.717, 1.165) is 83.8 Å². The van der Waals surface area contributed by atoms with Gasteiger partial charge in [0.15, 0.2) is 0 Å². The zero-order valence-electron chi connectivity index (χ0n) is 36.9. The van der Waals surface area contributed by atoms with Gasteiger partial charge in [0.2, 0.25) is 0 Å². The molecule has 322 valence electrons. The highest BCUT2D eigenvalue weighted by Crippen LogP contribution is 2.20. The molecule has 0 spiro atoms. The molecule has 0 saturated carbocycles. The molecule has 0 rings (SSSR count). The molecule has 0 aromatic carbocycles. The molecule has 0 amide bonds. The van der Waals surface area contributed by atoms with E-state index in [1.54, 1.807) is 0 Å². The average molecular weight is 785 g/mol. The van der Waals surface area contributed by atoms with E-state index in [2.05, 4.69) is 32.6 Å². The molecule has 0 N–H and O–H groups in total. The van der Waals surface area contributed by atoms with Crippen LogP contribution in [-0.4, -0.2) is 54.6 Å². The Morgan fingerprint density at radius 2 is 0.667 bits per heavy atom. The fourth-order valence-electron chi connectivity index (χ4n) is 7.64. The summed E-state index contributed by atoms with van der Waals surface area (Å²) < 4.78 is 12.1. The third-order valence-electron chi connectivity index (χ3n) is 11.2. The van der Waals surface area contributed by atoms with Gasteiger partial charge in [-0.25, -0.2) is 0 Å². The lowest BCUT2D eigenvalue weighted by Gasteiger charge is -2.21. The van der Waals surface area contributed by atoms with Gasteiger partial charge in [0, 0.05) is 25.3 Å². The fraction of sp³-hybridized carbons (Fsp3) is 0.958. The van der Waals surface area contributed by atoms with E-state index in [0.29, 0.717) is 18.7 Å². The smallest absolute Gasteiger partial charge is 0.306 e. The van der Waals surface area contributed by atoms with Crippen molar-refractivity contribution in [3.8, 4) is 0 Å².